The Morgan fingerprint density at radius 3 is 2.81 bits per heavy atom. The monoisotopic (exact) mass is 373 g/mol. The minimum Gasteiger partial charge on any atom is -0.481 e. The molecule has 0 aliphatic heterocycles. The summed E-state index contributed by atoms with van der Waals surface area (Å²) in [6.45, 7) is 0. The highest BCUT2D eigenvalue weighted by Gasteiger charge is 2.30. The Labute approximate surface area is 137 Å². The molecule has 1 aliphatic rings. The highest BCUT2D eigenvalue weighted by Crippen LogP contribution is 2.26. The molecule has 1 fully saturated rings. The van der Waals surface area contributed by atoms with E-state index in [1.165, 1.54) is 0 Å². The highest BCUT2D eigenvalue weighted by molar-refractivity contribution is 9.10. The smallest absolute Gasteiger partial charge is 0.306 e. The van der Waals surface area contributed by atoms with Gasteiger partial charge in [0.25, 0.3) is 0 Å². The third-order valence-electron chi connectivity index (χ3n) is 3.78. The third kappa shape index (κ3) is 4.71. The van der Waals surface area contributed by atoms with Crippen LogP contribution in [0.4, 0.5) is 0 Å². The maximum absolute atomic E-state index is 11.9. The van der Waals surface area contributed by atoms with Crippen molar-refractivity contribution in [2.45, 2.75) is 38.1 Å². The van der Waals surface area contributed by atoms with Crippen LogP contribution < -0.4 is 5.32 Å². The molecule has 2 rings (SSSR count). The number of rotatable bonds is 5. The van der Waals surface area contributed by atoms with Gasteiger partial charge in [-0.25, -0.2) is 0 Å². The van der Waals surface area contributed by atoms with Gasteiger partial charge in [-0.3, -0.25) is 9.59 Å². The Bertz CT molecular complexity index is 550. The second-order valence-corrected chi connectivity index (χ2v) is 6.64. The molecule has 1 aromatic rings. The zero-order valence-electron chi connectivity index (χ0n) is 11.4. The molecular formula is C15H17BrClNO3. The van der Waals surface area contributed by atoms with Crippen molar-refractivity contribution in [2.24, 2.45) is 5.92 Å². The largest absolute Gasteiger partial charge is 0.481 e. The van der Waals surface area contributed by atoms with Gasteiger partial charge in [0.05, 0.1) is 5.92 Å². The number of hydrogen-bond donors (Lipinski definition) is 2. The summed E-state index contributed by atoms with van der Waals surface area (Å²) < 4.78 is 0.937. The van der Waals surface area contributed by atoms with E-state index in [2.05, 4.69) is 21.2 Å². The van der Waals surface area contributed by atoms with E-state index in [-0.39, 0.29) is 17.9 Å². The van der Waals surface area contributed by atoms with Gasteiger partial charge >= 0.3 is 5.97 Å². The number of carboxylic acid groups (broad SMARTS) is 1. The van der Waals surface area contributed by atoms with Crippen LogP contribution >= 0.6 is 27.5 Å². The molecule has 6 heteroatoms. The maximum atomic E-state index is 11.9. The molecule has 0 aromatic heterocycles. The van der Waals surface area contributed by atoms with Crippen LogP contribution in [0, 0.1) is 5.92 Å². The Morgan fingerprint density at radius 2 is 2.14 bits per heavy atom. The number of halogens is 2. The normalized spacial score (nSPS) is 21.2. The zero-order valence-corrected chi connectivity index (χ0v) is 13.8. The summed E-state index contributed by atoms with van der Waals surface area (Å²) in [6.07, 6.45) is 2.88. The Kier molecular flexibility index (Phi) is 5.65. The molecule has 0 heterocycles. The molecule has 0 radical (unpaired) electrons. The van der Waals surface area contributed by atoms with Crippen molar-refractivity contribution in [2.75, 3.05) is 0 Å². The molecule has 1 aromatic carbocycles. The topological polar surface area (TPSA) is 66.4 Å². The van der Waals surface area contributed by atoms with E-state index in [4.69, 9.17) is 16.7 Å². The molecule has 0 unspecified atom stereocenters. The fourth-order valence-electron chi connectivity index (χ4n) is 2.62. The van der Waals surface area contributed by atoms with E-state index < -0.39 is 5.97 Å². The lowest BCUT2D eigenvalue weighted by molar-refractivity contribution is -0.141. The Balaban J connectivity index is 1.80. The average Bonchev–Trinajstić information content (AvgIpc) is 2.88. The van der Waals surface area contributed by atoms with E-state index in [0.717, 1.165) is 16.5 Å². The number of nitrogens with one attached hydrogen (secondary N) is 1. The van der Waals surface area contributed by atoms with E-state index in [1.54, 1.807) is 6.07 Å². The number of amides is 1. The van der Waals surface area contributed by atoms with Crippen LogP contribution in [-0.2, 0) is 16.0 Å². The van der Waals surface area contributed by atoms with Gasteiger partial charge in [0, 0.05) is 22.0 Å². The molecule has 1 aliphatic carbocycles. The van der Waals surface area contributed by atoms with E-state index in [9.17, 15) is 9.59 Å². The fourth-order valence-corrected chi connectivity index (χ4v) is 3.26. The third-order valence-corrected chi connectivity index (χ3v) is 4.78. The van der Waals surface area contributed by atoms with Crippen molar-refractivity contribution in [3.05, 3.63) is 33.3 Å². The summed E-state index contributed by atoms with van der Waals surface area (Å²) in [4.78, 5) is 22.8. The lowest BCUT2D eigenvalue weighted by Crippen LogP contribution is -2.33. The van der Waals surface area contributed by atoms with Gasteiger partial charge in [0.2, 0.25) is 5.91 Å². The van der Waals surface area contributed by atoms with Gasteiger partial charge < -0.3 is 10.4 Å². The van der Waals surface area contributed by atoms with Gasteiger partial charge in [-0.15, -0.1) is 0 Å². The molecular weight excluding hydrogens is 358 g/mol. The average molecular weight is 375 g/mol. The number of hydrogen-bond acceptors (Lipinski definition) is 2. The first kappa shape index (κ1) is 16.3. The van der Waals surface area contributed by atoms with Crippen LogP contribution in [0.15, 0.2) is 22.7 Å². The quantitative estimate of drug-likeness (QED) is 0.830. The van der Waals surface area contributed by atoms with Crippen LogP contribution in [0.25, 0.3) is 0 Å². The first-order valence-electron chi connectivity index (χ1n) is 6.92. The van der Waals surface area contributed by atoms with E-state index >= 15 is 0 Å². The van der Waals surface area contributed by atoms with Crippen molar-refractivity contribution in [1.82, 2.24) is 5.32 Å². The molecule has 0 saturated heterocycles. The summed E-state index contributed by atoms with van der Waals surface area (Å²) in [6, 6.07) is 5.49. The lowest BCUT2D eigenvalue weighted by atomic mass is 10.1. The zero-order chi connectivity index (χ0) is 15.4. The molecule has 1 amide bonds. The molecule has 0 bridgehead atoms. The molecule has 2 N–H and O–H groups in total. The first-order valence-corrected chi connectivity index (χ1v) is 8.09. The minimum atomic E-state index is -0.769. The SMILES string of the molecule is O=C(CCc1cc(Cl)ccc1Br)N[C@@H]1CC[C@H](C(=O)O)C1. The summed E-state index contributed by atoms with van der Waals surface area (Å²) >= 11 is 9.38. The van der Waals surface area contributed by atoms with Gasteiger partial charge in [-0.05, 0) is 49.4 Å². The number of carboxylic acids is 1. The molecule has 21 heavy (non-hydrogen) atoms. The maximum Gasteiger partial charge on any atom is 0.306 e. The summed E-state index contributed by atoms with van der Waals surface area (Å²) in [5.74, 6) is -1.13. The predicted molar refractivity (Wildman–Crippen MR) is 84.4 cm³/mol. The van der Waals surface area contributed by atoms with Crippen LogP contribution in [0.1, 0.15) is 31.2 Å². The summed E-state index contributed by atoms with van der Waals surface area (Å²) in [5.41, 5.74) is 0.993. The van der Waals surface area contributed by atoms with Gasteiger partial charge in [0.1, 0.15) is 0 Å². The van der Waals surface area contributed by atoms with Crippen molar-refractivity contribution in [1.29, 1.82) is 0 Å². The predicted octanol–water partition coefficient (Wildman–Crippen LogP) is 3.40. The van der Waals surface area contributed by atoms with Crippen LogP contribution in [0.3, 0.4) is 0 Å². The number of aliphatic carboxylic acids is 1. The number of carbonyl (C=O) groups excluding carboxylic acids is 1. The Hall–Kier alpha value is -1.07. The number of aryl methyl sites for hydroxylation is 1. The molecule has 1 saturated carbocycles. The van der Waals surface area contributed by atoms with Crippen molar-refractivity contribution in [3.8, 4) is 0 Å². The number of carbonyl (C=O) groups is 2. The molecule has 114 valence electrons. The van der Waals surface area contributed by atoms with Crippen LogP contribution in [0.2, 0.25) is 5.02 Å². The van der Waals surface area contributed by atoms with Crippen LogP contribution in [0.5, 0.6) is 0 Å². The molecule has 2 atom stereocenters. The highest BCUT2D eigenvalue weighted by atomic mass is 79.9. The van der Waals surface area contributed by atoms with Crippen molar-refractivity contribution < 1.29 is 14.7 Å². The Morgan fingerprint density at radius 1 is 1.38 bits per heavy atom. The van der Waals surface area contributed by atoms with E-state index in [0.29, 0.717) is 30.7 Å². The second kappa shape index (κ2) is 7.27. The summed E-state index contributed by atoms with van der Waals surface area (Å²) in [7, 11) is 0. The molecule has 0 spiro atoms. The van der Waals surface area contributed by atoms with Gasteiger partial charge in [0.15, 0.2) is 0 Å². The molecule has 4 nitrogen and oxygen atoms in total. The van der Waals surface area contributed by atoms with Gasteiger partial charge in [-0.1, -0.05) is 27.5 Å². The number of benzene rings is 1. The lowest BCUT2D eigenvalue weighted by Gasteiger charge is -2.12. The first-order chi connectivity index (χ1) is 9.95. The summed E-state index contributed by atoms with van der Waals surface area (Å²) in [5, 5.41) is 12.5. The standard InChI is InChI=1S/C15H17BrClNO3/c16-13-5-3-11(17)7-9(13)2-6-14(19)18-12-4-1-10(8-12)15(20)21/h3,5,7,10,12H,1-2,4,6,8H2,(H,18,19)(H,20,21)/t10-,12+/m0/s1. The fraction of sp³-hybridized carbons (Fsp3) is 0.467. The van der Waals surface area contributed by atoms with Crippen LogP contribution in [-0.4, -0.2) is 23.0 Å². The minimum absolute atomic E-state index is 0.0126. The van der Waals surface area contributed by atoms with Gasteiger partial charge in [-0.2, -0.15) is 0 Å². The second-order valence-electron chi connectivity index (χ2n) is 5.35. The van der Waals surface area contributed by atoms with Crippen molar-refractivity contribution >= 4 is 39.4 Å². The van der Waals surface area contributed by atoms with E-state index in [1.807, 2.05) is 12.1 Å². The van der Waals surface area contributed by atoms with Crippen molar-refractivity contribution in [3.63, 3.8) is 0 Å².